The van der Waals surface area contributed by atoms with Crippen molar-refractivity contribution in [3.05, 3.63) is 64.7 Å². The highest BCUT2D eigenvalue weighted by atomic mass is 32.2. The molecule has 1 aliphatic rings. The summed E-state index contributed by atoms with van der Waals surface area (Å²) in [7, 11) is -2.74. The molecule has 10 heteroatoms. The summed E-state index contributed by atoms with van der Waals surface area (Å²) in [5.41, 5.74) is -0.400. The molecule has 2 aromatic carbocycles. The fourth-order valence-electron chi connectivity index (χ4n) is 2.58. The van der Waals surface area contributed by atoms with Gasteiger partial charge in [-0.3, -0.25) is 14.5 Å². The molecule has 0 saturated heterocycles. The molecule has 142 valence electrons. The van der Waals surface area contributed by atoms with Crippen LogP contribution in [0.5, 0.6) is 0 Å². The smallest absolute Gasteiger partial charge is 0.277 e. The zero-order valence-electron chi connectivity index (χ0n) is 13.9. The number of imide groups is 1. The van der Waals surface area contributed by atoms with Gasteiger partial charge in [0.25, 0.3) is 11.8 Å². The zero-order valence-corrected chi connectivity index (χ0v) is 14.7. The topological polar surface area (TPSA) is 83.6 Å². The summed E-state index contributed by atoms with van der Waals surface area (Å²) < 4.78 is 64.7. The maximum Gasteiger partial charge on any atom is 0.416 e. The quantitative estimate of drug-likeness (QED) is 0.802. The number of alkyl halides is 3. The van der Waals surface area contributed by atoms with Crippen LogP contribution in [0, 0.1) is 0 Å². The van der Waals surface area contributed by atoms with Crippen LogP contribution in [0.2, 0.25) is 0 Å². The van der Waals surface area contributed by atoms with Gasteiger partial charge in [0.1, 0.15) is 0 Å². The van der Waals surface area contributed by atoms with Gasteiger partial charge < -0.3 is 0 Å². The number of hydrogen-bond donors (Lipinski definition) is 1. The summed E-state index contributed by atoms with van der Waals surface area (Å²) in [5.74, 6) is -1.12. The number of benzene rings is 2. The molecule has 0 unspecified atom stereocenters. The molecule has 1 N–H and O–H groups in total. The Bertz CT molecular complexity index is 1030. The first-order valence-electron chi connectivity index (χ1n) is 7.63. The predicted octanol–water partition coefficient (Wildman–Crippen LogP) is 2.41. The minimum atomic E-state index is -4.47. The molecule has 2 aromatic rings. The fraction of sp³-hybridized carbons (Fsp3) is 0.176. The number of nitrogens with zero attached hydrogens (tertiary/aromatic N) is 1. The van der Waals surface area contributed by atoms with Gasteiger partial charge in [-0.15, -0.1) is 0 Å². The van der Waals surface area contributed by atoms with Crippen molar-refractivity contribution in [3.63, 3.8) is 0 Å². The number of rotatable bonds is 4. The average molecular weight is 398 g/mol. The summed E-state index contributed by atoms with van der Waals surface area (Å²) in [6.45, 7) is -0.232. The molecule has 0 fully saturated rings. The van der Waals surface area contributed by atoms with Gasteiger partial charge >= 0.3 is 6.18 Å². The Hall–Kier alpha value is -2.72. The van der Waals surface area contributed by atoms with Gasteiger partial charge in [0, 0.05) is 13.6 Å². The van der Waals surface area contributed by atoms with E-state index in [2.05, 4.69) is 4.72 Å². The van der Waals surface area contributed by atoms with Crippen LogP contribution < -0.4 is 4.72 Å². The summed E-state index contributed by atoms with van der Waals surface area (Å²) in [6.07, 6.45) is -4.47. The Kier molecular flexibility index (Phi) is 4.56. The van der Waals surface area contributed by atoms with Crippen molar-refractivity contribution in [2.24, 2.45) is 0 Å². The summed E-state index contributed by atoms with van der Waals surface area (Å²) in [5, 5.41) is 0. The number of halogens is 3. The van der Waals surface area contributed by atoms with Gasteiger partial charge in [0.05, 0.1) is 21.6 Å². The van der Waals surface area contributed by atoms with E-state index in [0.717, 1.165) is 23.1 Å². The maximum absolute atomic E-state index is 12.5. The van der Waals surface area contributed by atoms with E-state index in [0.29, 0.717) is 5.56 Å². The standard InChI is InChI=1S/C17H13F3N2O4S/c1-22-15(23)13-7-6-12(8-14(13)16(22)24)27(25,26)21-9-10-2-4-11(5-3-10)17(18,19)20/h2-8,21H,9H2,1H3. The van der Waals surface area contributed by atoms with Gasteiger partial charge in [-0.05, 0) is 35.9 Å². The summed E-state index contributed by atoms with van der Waals surface area (Å²) in [4.78, 5) is 24.5. The van der Waals surface area contributed by atoms with E-state index in [9.17, 15) is 31.2 Å². The van der Waals surface area contributed by atoms with Crippen LogP contribution in [-0.2, 0) is 22.7 Å². The molecule has 0 aromatic heterocycles. The Morgan fingerprint density at radius 3 is 2.15 bits per heavy atom. The number of carbonyl (C=O) groups excluding carboxylic acids is 2. The first kappa shape index (κ1) is 19.1. The minimum Gasteiger partial charge on any atom is -0.277 e. The Morgan fingerprint density at radius 2 is 1.56 bits per heavy atom. The van der Waals surface area contributed by atoms with E-state index < -0.39 is 33.6 Å². The molecule has 0 atom stereocenters. The number of sulfonamides is 1. The lowest BCUT2D eigenvalue weighted by Crippen LogP contribution is -2.24. The van der Waals surface area contributed by atoms with Crippen LogP contribution in [0.25, 0.3) is 0 Å². The van der Waals surface area contributed by atoms with Gasteiger partial charge in [-0.25, -0.2) is 13.1 Å². The van der Waals surface area contributed by atoms with E-state index in [1.165, 1.54) is 31.3 Å². The van der Waals surface area contributed by atoms with E-state index in [1.54, 1.807) is 0 Å². The molecule has 0 saturated carbocycles. The van der Waals surface area contributed by atoms with Gasteiger partial charge in [-0.1, -0.05) is 12.1 Å². The van der Waals surface area contributed by atoms with Crippen LogP contribution in [0.1, 0.15) is 31.8 Å². The van der Waals surface area contributed by atoms with Crippen molar-refractivity contribution in [2.45, 2.75) is 17.6 Å². The van der Waals surface area contributed by atoms with Crippen LogP contribution in [-0.4, -0.2) is 32.2 Å². The molecule has 1 heterocycles. The molecular weight excluding hydrogens is 385 g/mol. The number of hydrogen-bond acceptors (Lipinski definition) is 4. The molecule has 2 amide bonds. The molecule has 3 rings (SSSR count). The molecule has 0 aliphatic carbocycles. The second-order valence-corrected chi connectivity index (χ2v) is 7.66. The van der Waals surface area contributed by atoms with Crippen molar-refractivity contribution in [2.75, 3.05) is 7.05 Å². The van der Waals surface area contributed by atoms with Gasteiger partial charge in [0.15, 0.2) is 0 Å². The third kappa shape index (κ3) is 3.58. The fourth-order valence-corrected chi connectivity index (χ4v) is 3.62. The Labute approximate surface area is 152 Å². The second kappa shape index (κ2) is 6.46. The minimum absolute atomic E-state index is 0.0140. The van der Waals surface area contributed by atoms with Gasteiger partial charge in [0.2, 0.25) is 10.0 Å². The first-order valence-corrected chi connectivity index (χ1v) is 9.11. The van der Waals surface area contributed by atoms with Crippen molar-refractivity contribution >= 4 is 21.8 Å². The molecule has 0 bridgehead atoms. The summed E-state index contributed by atoms with van der Waals surface area (Å²) in [6, 6.07) is 7.62. The molecule has 27 heavy (non-hydrogen) atoms. The SMILES string of the molecule is CN1C(=O)c2ccc(S(=O)(=O)NCc3ccc(C(F)(F)F)cc3)cc2C1=O. The normalized spacial score (nSPS) is 14.6. The highest BCUT2D eigenvalue weighted by molar-refractivity contribution is 7.89. The van der Waals surface area contributed by atoms with Crippen LogP contribution >= 0.6 is 0 Å². The molecule has 0 radical (unpaired) electrons. The Morgan fingerprint density at radius 1 is 0.963 bits per heavy atom. The van der Waals surface area contributed by atoms with E-state index in [4.69, 9.17) is 0 Å². The average Bonchev–Trinajstić information content (AvgIpc) is 2.84. The molecular formula is C17H13F3N2O4S. The highest BCUT2D eigenvalue weighted by Crippen LogP contribution is 2.29. The van der Waals surface area contributed by atoms with Crippen molar-refractivity contribution in [1.82, 2.24) is 9.62 Å². The van der Waals surface area contributed by atoms with Crippen molar-refractivity contribution in [1.29, 1.82) is 0 Å². The lowest BCUT2D eigenvalue weighted by atomic mass is 10.1. The van der Waals surface area contributed by atoms with Crippen LogP contribution in [0.3, 0.4) is 0 Å². The van der Waals surface area contributed by atoms with E-state index in [1.807, 2.05) is 0 Å². The van der Waals surface area contributed by atoms with E-state index in [-0.39, 0.29) is 22.6 Å². The van der Waals surface area contributed by atoms with Crippen molar-refractivity contribution < 1.29 is 31.2 Å². The first-order chi connectivity index (χ1) is 12.5. The monoisotopic (exact) mass is 398 g/mol. The predicted molar refractivity (Wildman–Crippen MR) is 88.3 cm³/mol. The number of amides is 2. The van der Waals surface area contributed by atoms with Crippen LogP contribution in [0.15, 0.2) is 47.4 Å². The zero-order chi connectivity index (χ0) is 20.0. The third-order valence-corrected chi connectivity index (χ3v) is 5.52. The number of nitrogens with one attached hydrogen (secondary N) is 1. The number of fused-ring (bicyclic) bond motifs is 1. The van der Waals surface area contributed by atoms with Crippen LogP contribution in [0.4, 0.5) is 13.2 Å². The summed E-state index contributed by atoms with van der Waals surface area (Å²) >= 11 is 0. The second-order valence-electron chi connectivity index (χ2n) is 5.90. The molecule has 6 nitrogen and oxygen atoms in total. The van der Waals surface area contributed by atoms with E-state index >= 15 is 0 Å². The molecule has 0 spiro atoms. The lowest BCUT2D eigenvalue weighted by molar-refractivity contribution is -0.137. The van der Waals surface area contributed by atoms with Gasteiger partial charge in [-0.2, -0.15) is 13.2 Å². The maximum atomic E-state index is 12.5. The molecule has 1 aliphatic heterocycles. The number of carbonyl (C=O) groups is 2. The lowest BCUT2D eigenvalue weighted by Gasteiger charge is -2.09. The van der Waals surface area contributed by atoms with Crippen molar-refractivity contribution in [3.8, 4) is 0 Å². The highest BCUT2D eigenvalue weighted by Gasteiger charge is 2.34. The largest absolute Gasteiger partial charge is 0.416 e. The Balaban J connectivity index is 1.78. The third-order valence-electron chi connectivity index (χ3n) is 4.12.